The average molecular weight is 425 g/mol. The molecular weight excluding hydrogens is 396 g/mol. The van der Waals surface area contributed by atoms with Crippen molar-refractivity contribution in [3.8, 4) is 5.75 Å². The molecule has 1 saturated carbocycles. The molecule has 0 aliphatic heterocycles. The SMILES string of the molecule is O=C(O)CC/C=C/CC[C@@H]1C(/C=C/[C@@H](O)COc2cccc(Cl)c2)[C@H](O)C[C@@H]1O. The number of hydrogen-bond acceptors (Lipinski definition) is 5. The first-order chi connectivity index (χ1) is 13.9. The molecule has 5 atom stereocenters. The van der Waals surface area contributed by atoms with Gasteiger partial charge in [-0.3, -0.25) is 4.79 Å². The van der Waals surface area contributed by atoms with Crippen LogP contribution in [0.25, 0.3) is 0 Å². The second-order valence-corrected chi connectivity index (χ2v) is 7.75. The van der Waals surface area contributed by atoms with Crippen LogP contribution in [0.15, 0.2) is 48.6 Å². The highest BCUT2D eigenvalue weighted by Crippen LogP contribution is 2.36. The maximum Gasteiger partial charge on any atom is 0.303 e. The smallest absolute Gasteiger partial charge is 0.303 e. The van der Waals surface area contributed by atoms with E-state index in [2.05, 4.69) is 0 Å². The molecule has 0 aromatic heterocycles. The summed E-state index contributed by atoms with van der Waals surface area (Å²) in [4.78, 5) is 10.5. The number of aliphatic carboxylic acids is 1. The minimum absolute atomic E-state index is 0.0548. The van der Waals surface area contributed by atoms with Gasteiger partial charge in [-0.05, 0) is 43.4 Å². The predicted molar refractivity (Wildman–Crippen MR) is 111 cm³/mol. The van der Waals surface area contributed by atoms with E-state index in [0.717, 1.165) is 0 Å². The molecule has 0 spiro atoms. The molecule has 1 fully saturated rings. The first-order valence-corrected chi connectivity index (χ1v) is 10.2. The molecule has 7 heteroatoms. The van der Waals surface area contributed by atoms with Crippen molar-refractivity contribution >= 4 is 17.6 Å². The Morgan fingerprint density at radius 3 is 2.72 bits per heavy atom. The number of halogens is 1. The zero-order valence-electron chi connectivity index (χ0n) is 16.2. The summed E-state index contributed by atoms with van der Waals surface area (Å²) in [6.07, 6.45) is 7.21. The Morgan fingerprint density at radius 2 is 2.00 bits per heavy atom. The van der Waals surface area contributed by atoms with Crippen LogP contribution in [0.1, 0.15) is 32.1 Å². The fraction of sp³-hybridized carbons (Fsp3) is 0.500. The first kappa shape index (κ1) is 23.4. The molecule has 0 amide bonds. The summed E-state index contributed by atoms with van der Waals surface area (Å²) < 4.78 is 5.51. The standard InChI is InChI=1S/C22H29ClO6/c23-15-6-5-7-17(12-15)29-14-16(24)10-11-19-18(20(25)13-21(19)26)8-3-1-2-4-9-22(27)28/h1-2,5-7,10-12,16,18-21,24-26H,3-4,8-9,13-14H2,(H,27,28)/b2-1+,11-10+/t16-,18-,19?,20+,21-/m1/s1. The molecule has 4 N–H and O–H groups in total. The fourth-order valence-corrected chi connectivity index (χ4v) is 3.74. The highest BCUT2D eigenvalue weighted by molar-refractivity contribution is 6.30. The number of allylic oxidation sites excluding steroid dienone is 2. The van der Waals surface area contributed by atoms with Gasteiger partial charge in [0.05, 0.1) is 12.2 Å². The second kappa shape index (κ2) is 12.0. The van der Waals surface area contributed by atoms with Gasteiger partial charge in [0.25, 0.3) is 0 Å². The number of aliphatic hydroxyl groups is 3. The summed E-state index contributed by atoms with van der Waals surface area (Å²) in [6.45, 7) is 0.0548. The first-order valence-electron chi connectivity index (χ1n) is 9.84. The van der Waals surface area contributed by atoms with Crippen LogP contribution in [-0.4, -0.2) is 51.3 Å². The molecule has 1 aliphatic carbocycles. The largest absolute Gasteiger partial charge is 0.491 e. The quantitative estimate of drug-likeness (QED) is 0.406. The molecule has 0 heterocycles. The van der Waals surface area contributed by atoms with E-state index in [4.69, 9.17) is 21.4 Å². The van der Waals surface area contributed by atoms with Crippen LogP contribution in [0, 0.1) is 11.8 Å². The average Bonchev–Trinajstić information content (AvgIpc) is 2.93. The number of aliphatic hydroxyl groups excluding tert-OH is 3. The Bertz CT molecular complexity index is 704. The number of benzene rings is 1. The number of hydrogen-bond donors (Lipinski definition) is 4. The lowest BCUT2D eigenvalue weighted by molar-refractivity contribution is -0.136. The van der Waals surface area contributed by atoms with E-state index < -0.39 is 24.3 Å². The normalized spacial score (nSPS) is 25.7. The van der Waals surface area contributed by atoms with Gasteiger partial charge in [0.15, 0.2) is 0 Å². The lowest BCUT2D eigenvalue weighted by atomic mass is 9.88. The summed E-state index contributed by atoms with van der Waals surface area (Å²) in [5.41, 5.74) is 0. The Hall–Kier alpha value is -1.86. The van der Waals surface area contributed by atoms with E-state index in [1.807, 2.05) is 12.2 Å². The van der Waals surface area contributed by atoms with Crippen molar-refractivity contribution in [3.63, 3.8) is 0 Å². The molecule has 0 bridgehead atoms. The molecule has 1 aromatic rings. The Labute approximate surface area is 176 Å². The molecule has 1 aromatic carbocycles. The Morgan fingerprint density at radius 1 is 1.24 bits per heavy atom. The van der Waals surface area contributed by atoms with Crippen molar-refractivity contribution in [1.29, 1.82) is 0 Å². The molecule has 29 heavy (non-hydrogen) atoms. The zero-order chi connectivity index (χ0) is 21.2. The maximum absolute atomic E-state index is 10.5. The molecular formula is C22H29ClO6. The molecule has 160 valence electrons. The van der Waals surface area contributed by atoms with Crippen molar-refractivity contribution in [2.75, 3.05) is 6.61 Å². The van der Waals surface area contributed by atoms with E-state index >= 15 is 0 Å². The van der Waals surface area contributed by atoms with Crippen molar-refractivity contribution in [3.05, 3.63) is 53.6 Å². The summed E-state index contributed by atoms with van der Waals surface area (Å²) in [5, 5.41) is 39.8. The van der Waals surface area contributed by atoms with Crippen molar-refractivity contribution in [2.45, 2.75) is 50.4 Å². The van der Waals surface area contributed by atoms with Gasteiger partial charge in [-0.15, -0.1) is 0 Å². The number of carboxylic acid groups (broad SMARTS) is 1. The van der Waals surface area contributed by atoms with Crippen LogP contribution in [0.2, 0.25) is 5.02 Å². The maximum atomic E-state index is 10.5. The number of rotatable bonds is 11. The van der Waals surface area contributed by atoms with Gasteiger partial charge >= 0.3 is 5.97 Å². The Kier molecular flexibility index (Phi) is 9.67. The monoisotopic (exact) mass is 424 g/mol. The topological polar surface area (TPSA) is 107 Å². The minimum atomic E-state index is -0.851. The summed E-state index contributed by atoms with van der Waals surface area (Å²) in [7, 11) is 0. The van der Waals surface area contributed by atoms with Crippen molar-refractivity contribution < 1.29 is 30.0 Å². The van der Waals surface area contributed by atoms with Crippen LogP contribution < -0.4 is 4.74 Å². The molecule has 2 rings (SSSR count). The summed E-state index contributed by atoms with van der Waals surface area (Å²) in [5.74, 6) is -0.634. The van der Waals surface area contributed by atoms with Gasteiger partial charge in [0.2, 0.25) is 0 Å². The molecule has 1 unspecified atom stereocenters. The van der Waals surface area contributed by atoms with Crippen molar-refractivity contribution in [2.24, 2.45) is 11.8 Å². The second-order valence-electron chi connectivity index (χ2n) is 7.31. The van der Waals surface area contributed by atoms with E-state index in [1.54, 1.807) is 36.4 Å². The van der Waals surface area contributed by atoms with Crippen LogP contribution >= 0.6 is 11.6 Å². The lowest BCUT2D eigenvalue weighted by Crippen LogP contribution is -2.21. The summed E-state index contributed by atoms with van der Waals surface area (Å²) in [6, 6.07) is 6.91. The number of ether oxygens (including phenoxy) is 1. The van der Waals surface area contributed by atoms with Crippen LogP contribution in [0.5, 0.6) is 5.75 Å². The number of carboxylic acids is 1. The third-order valence-corrected chi connectivity index (χ3v) is 5.28. The molecule has 1 aliphatic rings. The van der Waals surface area contributed by atoms with Gasteiger partial charge in [-0.25, -0.2) is 0 Å². The molecule has 6 nitrogen and oxygen atoms in total. The molecule has 0 saturated heterocycles. The van der Waals surface area contributed by atoms with E-state index in [1.165, 1.54) is 0 Å². The zero-order valence-corrected chi connectivity index (χ0v) is 17.0. The minimum Gasteiger partial charge on any atom is -0.491 e. The Balaban J connectivity index is 1.82. The van der Waals surface area contributed by atoms with Gasteiger partial charge in [0.1, 0.15) is 18.5 Å². The van der Waals surface area contributed by atoms with E-state index in [-0.39, 0.29) is 24.9 Å². The van der Waals surface area contributed by atoms with Gasteiger partial charge < -0.3 is 25.2 Å². The summed E-state index contributed by atoms with van der Waals surface area (Å²) >= 11 is 5.90. The fourth-order valence-electron chi connectivity index (χ4n) is 3.56. The van der Waals surface area contributed by atoms with E-state index in [9.17, 15) is 20.1 Å². The highest BCUT2D eigenvalue weighted by Gasteiger charge is 2.39. The predicted octanol–water partition coefficient (Wildman–Crippen LogP) is 3.20. The highest BCUT2D eigenvalue weighted by atomic mass is 35.5. The third kappa shape index (κ3) is 8.19. The van der Waals surface area contributed by atoms with Gasteiger partial charge in [0, 0.05) is 23.8 Å². The lowest BCUT2D eigenvalue weighted by Gasteiger charge is -2.20. The van der Waals surface area contributed by atoms with Crippen LogP contribution in [0.3, 0.4) is 0 Å². The third-order valence-electron chi connectivity index (χ3n) is 5.05. The van der Waals surface area contributed by atoms with Gasteiger partial charge in [-0.1, -0.05) is 42.0 Å². The van der Waals surface area contributed by atoms with Crippen LogP contribution in [0.4, 0.5) is 0 Å². The van der Waals surface area contributed by atoms with Gasteiger partial charge in [-0.2, -0.15) is 0 Å². The molecule has 0 radical (unpaired) electrons. The van der Waals surface area contributed by atoms with Crippen LogP contribution in [-0.2, 0) is 4.79 Å². The van der Waals surface area contributed by atoms with E-state index in [0.29, 0.717) is 36.5 Å². The number of carbonyl (C=O) groups is 1. The van der Waals surface area contributed by atoms with Crippen molar-refractivity contribution in [1.82, 2.24) is 0 Å².